The van der Waals surface area contributed by atoms with Crippen molar-refractivity contribution < 1.29 is 14.4 Å². The SMILES string of the molecule is C=CCOc1ccc(C(=O)/C(C)=N/OC)cc1. The van der Waals surface area contributed by atoms with E-state index in [2.05, 4.69) is 16.6 Å². The van der Waals surface area contributed by atoms with Crippen molar-refractivity contribution in [2.45, 2.75) is 6.92 Å². The predicted octanol–water partition coefficient (Wildman–Crippen LogP) is 2.46. The molecule has 0 aliphatic heterocycles. The lowest BCUT2D eigenvalue weighted by Gasteiger charge is -2.04. The van der Waals surface area contributed by atoms with E-state index in [1.807, 2.05) is 0 Å². The van der Waals surface area contributed by atoms with Gasteiger partial charge in [0.25, 0.3) is 0 Å². The van der Waals surface area contributed by atoms with Crippen molar-refractivity contribution >= 4 is 11.5 Å². The van der Waals surface area contributed by atoms with Crippen LogP contribution in [0.5, 0.6) is 5.75 Å². The number of hydrogen-bond donors (Lipinski definition) is 0. The summed E-state index contributed by atoms with van der Waals surface area (Å²) in [7, 11) is 1.41. The molecule has 1 aromatic rings. The van der Waals surface area contributed by atoms with Crippen LogP contribution in [-0.2, 0) is 4.84 Å². The van der Waals surface area contributed by atoms with Gasteiger partial charge in [-0.05, 0) is 31.2 Å². The Balaban J connectivity index is 2.76. The Labute approximate surface area is 101 Å². The largest absolute Gasteiger partial charge is 0.490 e. The van der Waals surface area contributed by atoms with Crippen LogP contribution in [0, 0.1) is 0 Å². The van der Waals surface area contributed by atoms with Gasteiger partial charge in [-0.2, -0.15) is 0 Å². The summed E-state index contributed by atoms with van der Waals surface area (Å²) in [5.74, 6) is 0.532. The molecule has 17 heavy (non-hydrogen) atoms. The fourth-order valence-corrected chi connectivity index (χ4v) is 1.24. The molecule has 0 aliphatic rings. The second-order valence-corrected chi connectivity index (χ2v) is 3.31. The van der Waals surface area contributed by atoms with E-state index in [-0.39, 0.29) is 5.78 Å². The molecule has 4 heteroatoms. The number of nitrogens with zero attached hydrogens (tertiary/aromatic N) is 1. The molecule has 0 N–H and O–H groups in total. The predicted molar refractivity (Wildman–Crippen MR) is 66.6 cm³/mol. The van der Waals surface area contributed by atoms with Gasteiger partial charge in [0.1, 0.15) is 25.2 Å². The summed E-state index contributed by atoms with van der Waals surface area (Å²) in [5.41, 5.74) is 0.863. The second-order valence-electron chi connectivity index (χ2n) is 3.31. The van der Waals surface area contributed by atoms with E-state index in [0.717, 1.165) is 0 Å². The van der Waals surface area contributed by atoms with Crippen LogP contribution in [0.1, 0.15) is 17.3 Å². The summed E-state index contributed by atoms with van der Waals surface area (Å²) in [6, 6.07) is 6.85. The highest BCUT2D eigenvalue weighted by Crippen LogP contribution is 2.13. The van der Waals surface area contributed by atoms with Crippen LogP contribution < -0.4 is 4.74 Å². The first-order valence-corrected chi connectivity index (χ1v) is 5.15. The molecule has 1 aromatic carbocycles. The summed E-state index contributed by atoms with van der Waals surface area (Å²) >= 11 is 0. The first kappa shape index (κ1) is 13.0. The van der Waals surface area contributed by atoms with Crippen molar-refractivity contribution in [2.24, 2.45) is 5.16 Å². The number of hydrogen-bond acceptors (Lipinski definition) is 4. The molecule has 0 amide bonds. The quantitative estimate of drug-likeness (QED) is 0.328. The van der Waals surface area contributed by atoms with Gasteiger partial charge in [0.15, 0.2) is 0 Å². The highest BCUT2D eigenvalue weighted by molar-refractivity contribution is 6.45. The normalized spacial score (nSPS) is 10.8. The number of carbonyl (C=O) groups excluding carboxylic acids is 1. The number of rotatable bonds is 6. The van der Waals surface area contributed by atoms with Crippen LogP contribution in [0.3, 0.4) is 0 Å². The van der Waals surface area contributed by atoms with Gasteiger partial charge in [-0.15, -0.1) is 0 Å². The molecule has 0 unspecified atom stereocenters. The van der Waals surface area contributed by atoms with E-state index in [1.54, 1.807) is 37.3 Å². The zero-order valence-electron chi connectivity index (χ0n) is 9.97. The first-order valence-electron chi connectivity index (χ1n) is 5.15. The molecular weight excluding hydrogens is 218 g/mol. The Bertz CT molecular complexity index is 421. The number of benzene rings is 1. The van der Waals surface area contributed by atoms with Crippen LogP contribution in [0.15, 0.2) is 42.1 Å². The molecule has 0 aromatic heterocycles. The summed E-state index contributed by atoms with van der Waals surface area (Å²) in [4.78, 5) is 16.3. The number of oxime groups is 1. The molecule has 4 nitrogen and oxygen atoms in total. The van der Waals surface area contributed by atoms with Gasteiger partial charge in [-0.25, -0.2) is 0 Å². The highest BCUT2D eigenvalue weighted by atomic mass is 16.6. The van der Waals surface area contributed by atoms with Gasteiger partial charge in [-0.3, -0.25) is 4.79 Å². The fraction of sp³-hybridized carbons (Fsp3) is 0.231. The minimum absolute atomic E-state index is 0.165. The van der Waals surface area contributed by atoms with Crippen molar-refractivity contribution in [1.82, 2.24) is 0 Å². The van der Waals surface area contributed by atoms with Crippen molar-refractivity contribution in [1.29, 1.82) is 0 Å². The van der Waals surface area contributed by atoms with Crippen molar-refractivity contribution in [3.8, 4) is 5.75 Å². The van der Waals surface area contributed by atoms with Crippen LogP contribution in [0.4, 0.5) is 0 Å². The Morgan fingerprint density at radius 1 is 1.41 bits per heavy atom. The summed E-state index contributed by atoms with van der Waals surface area (Å²) in [6.45, 7) is 5.60. The molecule has 0 saturated carbocycles. The molecular formula is C13H15NO3. The molecule has 0 fully saturated rings. The lowest BCUT2D eigenvalue weighted by Crippen LogP contribution is -2.10. The molecule has 0 atom stereocenters. The maximum absolute atomic E-state index is 11.8. The van der Waals surface area contributed by atoms with E-state index >= 15 is 0 Å². The molecule has 0 aliphatic carbocycles. The van der Waals surface area contributed by atoms with Crippen LogP contribution in [0.25, 0.3) is 0 Å². The molecule has 0 heterocycles. The average molecular weight is 233 g/mol. The molecule has 0 bridgehead atoms. The van der Waals surface area contributed by atoms with Crippen molar-refractivity contribution in [3.63, 3.8) is 0 Å². The topological polar surface area (TPSA) is 47.9 Å². The zero-order valence-corrected chi connectivity index (χ0v) is 9.97. The van der Waals surface area contributed by atoms with Gasteiger partial charge >= 0.3 is 0 Å². The minimum Gasteiger partial charge on any atom is -0.490 e. The van der Waals surface area contributed by atoms with Gasteiger partial charge in [0.2, 0.25) is 5.78 Å². The summed E-state index contributed by atoms with van der Waals surface area (Å²) in [5, 5.41) is 3.60. The number of carbonyl (C=O) groups is 1. The Kier molecular flexibility index (Phi) is 4.94. The molecule has 0 spiro atoms. The van der Waals surface area contributed by atoms with Crippen LogP contribution in [-0.4, -0.2) is 25.2 Å². The third-order valence-corrected chi connectivity index (χ3v) is 2.04. The third kappa shape index (κ3) is 3.75. The Morgan fingerprint density at radius 3 is 2.59 bits per heavy atom. The minimum atomic E-state index is -0.165. The van der Waals surface area contributed by atoms with E-state index in [0.29, 0.717) is 23.6 Å². The van der Waals surface area contributed by atoms with Crippen LogP contribution in [0.2, 0.25) is 0 Å². The third-order valence-electron chi connectivity index (χ3n) is 2.04. The van der Waals surface area contributed by atoms with Crippen LogP contribution >= 0.6 is 0 Å². The smallest absolute Gasteiger partial charge is 0.210 e. The van der Waals surface area contributed by atoms with Gasteiger partial charge in [0, 0.05) is 5.56 Å². The average Bonchev–Trinajstić information content (AvgIpc) is 2.36. The first-order chi connectivity index (χ1) is 8.19. The Hall–Kier alpha value is -2.10. The number of ether oxygens (including phenoxy) is 1. The Morgan fingerprint density at radius 2 is 2.06 bits per heavy atom. The van der Waals surface area contributed by atoms with Gasteiger partial charge in [-0.1, -0.05) is 17.8 Å². The maximum Gasteiger partial charge on any atom is 0.210 e. The number of ketones is 1. The molecule has 1 rings (SSSR count). The monoisotopic (exact) mass is 233 g/mol. The number of Topliss-reactive ketones (excluding diaryl/α,β-unsaturated/α-hetero) is 1. The van der Waals surface area contributed by atoms with E-state index in [4.69, 9.17) is 4.74 Å². The summed E-state index contributed by atoms with van der Waals surface area (Å²) in [6.07, 6.45) is 1.66. The maximum atomic E-state index is 11.8. The summed E-state index contributed by atoms with van der Waals surface area (Å²) < 4.78 is 5.31. The van der Waals surface area contributed by atoms with Gasteiger partial charge < -0.3 is 9.57 Å². The van der Waals surface area contributed by atoms with Gasteiger partial charge in [0.05, 0.1) is 0 Å². The standard InChI is InChI=1S/C13H15NO3/c1-4-9-17-12-7-5-11(6-8-12)13(15)10(2)14-16-3/h4-8H,1,9H2,2-3H3/b14-10+. The lowest BCUT2D eigenvalue weighted by atomic mass is 10.1. The van der Waals surface area contributed by atoms with Crippen molar-refractivity contribution in [3.05, 3.63) is 42.5 Å². The molecule has 0 saturated heterocycles. The fourth-order valence-electron chi connectivity index (χ4n) is 1.24. The van der Waals surface area contributed by atoms with E-state index in [9.17, 15) is 4.79 Å². The van der Waals surface area contributed by atoms with E-state index in [1.165, 1.54) is 7.11 Å². The lowest BCUT2D eigenvalue weighted by molar-refractivity contribution is 0.105. The highest BCUT2D eigenvalue weighted by Gasteiger charge is 2.09. The zero-order chi connectivity index (χ0) is 12.7. The van der Waals surface area contributed by atoms with Crippen molar-refractivity contribution in [2.75, 3.05) is 13.7 Å². The van der Waals surface area contributed by atoms with E-state index < -0.39 is 0 Å². The second kappa shape index (κ2) is 6.48. The molecule has 0 radical (unpaired) electrons. The molecule has 90 valence electrons.